The second-order valence-electron chi connectivity index (χ2n) is 6.43. The van der Waals surface area contributed by atoms with E-state index in [1.54, 1.807) is 7.11 Å². The lowest BCUT2D eigenvalue weighted by Gasteiger charge is -2.16. The highest BCUT2D eigenvalue weighted by molar-refractivity contribution is 5.88. The van der Waals surface area contributed by atoms with Crippen molar-refractivity contribution in [3.8, 4) is 5.75 Å². The maximum Gasteiger partial charge on any atom is 0.306 e. The average Bonchev–Trinajstić information content (AvgIpc) is 2.71. The SMILES string of the molecule is COc1ccc(CCC(=O)OCC(=O)N[C@H](Cc2ccccc2)C(C)=O)cc1. The van der Waals surface area contributed by atoms with Crippen LogP contribution in [0, 0.1) is 0 Å². The predicted octanol–water partition coefficient (Wildman–Crippen LogP) is 2.49. The van der Waals surface area contributed by atoms with Crippen molar-refractivity contribution in [3.05, 3.63) is 65.7 Å². The number of benzene rings is 2. The Hall–Kier alpha value is -3.15. The summed E-state index contributed by atoms with van der Waals surface area (Å²) in [5.74, 6) is -0.358. The third-order valence-electron chi connectivity index (χ3n) is 4.25. The maximum atomic E-state index is 12.0. The molecule has 148 valence electrons. The minimum absolute atomic E-state index is 0.150. The third kappa shape index (κ3) is 7.23. The number of rotatable bonds is 10. The van der Waals surface area contributed by atoms with Gasteiger partial charge in [0.2, 0.25) is 0 Å². The number of Topliss-reactive ketones (excluding diaryl/α,β-unsaturated/α-hetero) is 1. The molecule has 0 heterocycles. The molecule has 0 aliphatic carbocycles. The number of nitrogens with one attached hydrogen (secondary N) is 1. The summed E-state index contributed by atoms with van der Waals surface area (Å²) in [7, 11) is 1.59. The second-order valence-corrected chi connectivity index (χ2v) is 6.43. The first-order valence-corrected chi connectivity index (χ1v) is 9.10. The molecule has 1 amide bonds. The van der Waals surface area contributed by atoms with Crippen LogP contribution in [0.1, 0.15) is 24.5 Å². The number of methoxy groups -OCH3 is 1. The highest BCUT2D eigenvalue weighted by Crippen LogP contribution is 2.12. The lowest BCUT2D eigenvalue weighted by atomic mass is 10.0. The number of ether oxygens (including phenoxy) is 2. The smallest absolute Gasteiger partial charge is 0.306 e. The van der Waals surface area contributed by atoms with Gasteiger partial charge in [-0.3, -0.25) is 14.4 Å². The summed E-state index contributed by atoms with van der Waals surface area (Å²) >= 11 is 0. The molecule has 0 saturated heterocycles. The van der Waals surface area contributed by atoms with Crippen molar-refractivity contribution in [1.29, 1.82) is 0 Å². The molecule has 0 saturated carbocycles. The van der Waals surface area contributed by atoms with Crippen LogP contribution in [0.15, 0.2) is 54.6 Å². The van der Waals surface area contributed by atoms with Crippen LogP contribution in [-0.2, 0) is 32.0 Å². The highest BCUT2D eigenvalue weighted by Gasteiger charge is 2.18. The minimum atomic E-state index is -0.645. The van der Waals surface area contributed by atoms with Crippen LogP contribution < -0.4 is 10.1 Å². The molecule has 0 aliphatic heterocycles. The lowest BCUT2D eigenvalue weighted by Crippen LogP contribution is -2.43. The zero-order valence-corrected chi connectivity index (χ0v) is 16.1. The van der Waals surface area contributed by atoms with Gasteiger partial charge in [-0.1, -0.05) is 42.5 Å². The van der Waals surface area contributed by atoms with Gasteiger partial charge in [-0.25, -0.2) is 0 Å². The number of amides is 1. The van der Waals surface area contributed by atoms with Crippen LogP contribution in [0.2, 0.25) is 0 Å². The molecule has 2 aromatic rings. The molecular weight excluding hydrogens is 358 g/mol. The molecular formula is C22H25NO5. The molecule has 0 bridgehead atoms. The van der Waals surface area contributed by atoms with Gasteiger partial charge < -0.3 is 14.8 Å². The van der Waals surface area contributed by atoms with E-state index in [0.717, 1.165) is 16.9 Å². The monoisotopic (exact) mass is 383 g/mol. The molecule has 2 aromatic carbocycles. The Morgan fingerprint density at radius 3 is 2.25 bits per heavy atom. The highest BCUT2D eigenvalue weighted by atomic mass is 16.5. The Labute approximate surface area is 164 Å². The first kappa shape index (κ1) is 21.2. The third-order valence-corrected chi connectivity index (χ3v) is 4.25. The number of ketones is 1. The van der Waals surface area contributed by atoms with Crippen molar-refractivity contribution in [2.75, 3.05) is 13.7 Å². The van der Waals surface area contributed by atoms with Gasteiger partial charge >= 0.3 is 5.97 Å². The van der Waals surface area contributed by atoms with Crippen molar-refractivity contribution in [2.24, 2.45) is 0 Å². The molecule has 6 heteroatoms. The Kier molecular flexibility index (Phi) is 8.21. The Morgan fingerprint density at radius 2 is 1.64 bits per heavy atom. The van der Waals surface area contributed by atoms with Crippen LogP contribution in [0.25, 0.3) is 0 Å². The molecule has 0 spiro atoms. The average molecular weight is 383 g/mol. The van der Waals surface area contributed by atoms with E-state index in [2.05, 4.69) is 5.32 Å². The Bertz CT molecular complexity index is 786. The van der Waals surface area contributed by atoms with E-state index in [4.69, 9.17) is 9.47 Å². The molecule has 1 atom stereocenters. The van der Waals surface area contributed by atoms with E-state index in [-0.39, 0.29) is 12.2 Å². The Morgan fingerprint density at radius 1 is 0.964 bits per heavy atom. The number of hydrogen-bond acceptors (Lipinski definition) is 5. The molecule has 0 fully saturated rings. The fourth-order valence-corrected chi connectivity index (χ4v) is 2.64. The van der Waals surface area contributed by atoms with Crippen LogP contribution in [0.3, 0.4) is 0 Å². The van der Waals surface area contributed by atoms with Gasteiger partial charge in [0.25, 0.3) is 5.91 Å². The first-order valence-electron chi connectivity index (χ1n) is 9.10. The molecule has 28 heavy (non-hydrogen) atoms. The van der Waals surface area contributed by atoms with E-state index in [0.29, 0.717) is 12.8 Å². The summed E-state index contributed by atoms with van der Waals surface area (Å²) in [5, 5.41) is 2.63. The van der Waals surface area contributed by atoms with Crippen LogP contribution >= 0.6 is 0 Å². The van der Waals surface area contributed by atoms with Crippen molar-refractivity contribution in [3.63, 3.8) is 0 Å². The Balaban J connectivity index is 1.74. The molecule has 0 unspecified atom stereocenters. The van der Waals surface area contributed by atoms with Crippen molar-refractivity contribution in [1.82, 2.24) is 5.32 Å². The normalized spacial score (nSPS) is 11.4. The van der Waals surface area contributed by atoms with E-state index >= 15 is 0 Å². The maximum absolute atomic E-state index is 12.0. The van der Waals surface area contributed by atoms with Gasteiger partial charge in [0.1, 0.15) is 5.75 Å². The largest absolute Gasteiger partial charge is 0.497 e. The lowest BCUT2D eigenvalue weighted by molar-refractivity contribution is -0.148. The summed E-state index contributed by atoms with van der Waals surface area (Å²) in [5.41, 5.74) is 1.92. The molecule has 2 rings (SSSR count). The van der Waals surface area contributed by atoms with Crippen LogP contribution in [0.4, 0.5) is 0 Å². The zero-order valence-electron chi connectivity index (χ0n) is 16.1. The molecule has 6 nitrogen and oxygen atoms in total. The topological polar surface area (TPSA) is 81.7 Å². The summed E-state index contributed by atoms with van der Waals surface area (Å²) in [6.07, 6.45) is 1.07. The molecule has 0 radical (unpaired) electrons. The summed E-state index contributed by atoms with van der Waals surface area (Å²) in [6.45, 7) is 1.02. The van der Waals surface area contributed by atoms with Crippen LogP contribution in [0.5, 0.6) is 5.75 Å². The number of carbonyl (C=O) groups is 3. The van der Waals surface area contributed by atoms with E-state index < -0.39 is 24.5 Å². The van der Waals surface area contributed by atoms with Gasteiger partial charge in [0.15, 0.2) is 12.4 Å². The summed E-state index contributed by atoms with van der Waals surface area (Å²) in [4.78, 5) is 35.7. The molecule has 0 aliphatic rings. The second kappa shape index (κ2) is 10.9. The number of hydrogen-bond donors (Lipinski definition) is 1. The van der Waals surface area contributed by atoms with E-state index in [9.17, 15) is 14.4 Å². The van der Waals surface area contributed by atoms with Gasteiger partial charge in [-0.15, -0.1) is 0 Å². The number of carbonyl (C=O) groups excluding carboxylic acids is 3. The standard InChI is InChI=1S/C22H25NO5/c1-16(24)20(14-18-6-4-3-5-7-18)23-21(25)15-28-22(26)13-10-17-8-11-19(27-2)12-9-17/h3-9,11-12,20H,10,13-15H2,1-2H3,(H,23,25)/t20-/m1/s1. The zero-order chi connectivity index (χ0) is 20.4. The van der Waals surface area contributed by atoms with Crippen molar-refractivity contribution < 1.29 is 23.9 Å². The van der Waals surface area contributed by atoms with Crippen molar-refractivity contribution in [2.45, 2.75) is 32.2 Å². The first-order chi connectivity index (χ1) is 13.5. The number of esters is 1. The fourth-order valence-electron chi connectivity index (χ4n) is 2.64. The minimum Gasteiger partial charge on any atom is -0.497 e. The van der Waals surface area contributed by atoms with Crippen molar-refractivity contribution >= 4 is 17.7 Å². The van der Waals surface area contributed by atoms with Gasteiger partial charge in [0, 0.05) is 6.42 Å². The molecule has 1 N–H and O–H groups in total. The van der Waals surface area contributed by atoms with E-state index in [1.165, 1.54) is 6.92 Å². The fraction of sp³-hybridized carbons (Fsp3) is 0.318. The predicted molar refractivity (Wildman–Crippen MR) is 105 cm³/mol. The quantitative estimate of drug-likeness (QED) is 0.638. The van der Waals surface area contributed by atoms with E-state index in [1.807, 2.05) is 54.6 Å². The van der Waals surface area contributed by atoms with Crippen LogP contribution in [-0.4, -0.2) is 37.4 Å². The van der Waals surface area contributed by atoms with Gasteiger partial charge in [0.05, 0.1) is 13.2 Å². The summed E-state index contributed by atoms with van der Waals surface area (Å²) in [6, 6.07) is 16.2. The number of aryl methyl sites for hydroxylation is 1. The van der Waals surface area contributed by atoms with Gasteiger partial charge in [-0.05, 0) is 43.0 Å². The van der Waals surface area contributed by atoms with Gasteiger partial charge in [-0.2, -0.15) is 0 Å². The molecule has 0 aromatic heterocycles. The summed E-state index contributed by atoms with van der Waals surface area (Å²) < 4.78 is 10.1.